The highest BCUT2D eigenvalue weighted by Crippen LogP contribution is 2.30. The molecule has 0 fully saturated rings. The van der Waals surface area contributed by atoms with Gasteiger partial charge in [0.25, 0.3) is 0 Å². The van der Waals surface area contributed by atoms with Crippen LogP contribution in [0.5, 0.6) is 5.88 Å². The van der Waals surface area contributed by atoms with Gasteiger partial charge in [0, 0.05) is 16.1 Å². The summed E-state index contributed by atoms with van der Waals surface area (Å²) in [6.45, 7) is 2.50. The van der Waals surface area contributed by atoms with Crippen molar-refractivity contribution in [1.29, 1.82) is 0 Å². The molecule has 0 saturated heterocycles. The second kappa shape index (κ2) is 5.42. The number of H-pyrrole nitrogens is 1. The summed E-state index contributed by atoms with van der Waals surface area (Å²) in [5, 5.41) is 0.636. The number of nitrogens with zero attached hydrogens (tertiary/aromatic N) is 2. The Kier molecular flexibility index (Phi) is 3.63. The van der Waals surface area contributed by atoms with Crippen molar-refractivity contribution < 1.29 is 4.74 Å². The number of hydrogen-bond acceptors (Lipinski definition) is 3. The average Bonchev–Trinajstić information content (AvgIpc) is 2.85. The first-order chi connectivity index (χ1) is 9.67. The van der Waals surface area contributed by atoms with Crippen LogP contribution in [0.2, 0.25) is 5.02 Å². The Morgan fingerprint density at radius 1 is 1.25 bits per heavy atom. The van der Waals surface area contributed by atoms with E-state index in [4.69, 9.17) is 16.3 Å². The van der Waals surface area contributed by atoms with Gasteiger partial charge in [-0.2, -0.15) is 4.98 Å². The number of hydrogen-bond donors (Lipinski definition) is 1. The van der Waals surface area contributed by atoms with E-state index in [-0.39, 0.29) is 0 Å². The SMILES string of the molecule is CCOc1ccc2[nH]c(-c3cc(Br)ccc3Cl)nc2n1. The third-order valence-electron chi connectivity index (χ3n) is 2.80. The maximum absolute atomic E-state index is 6.21. The predicted octanol–water partition coefficient (Wildman–Crippen LogP) is 4.44. The van der Waals surface area contributed by atoms with E-state index in [0.717, 1.165) is 15.6 Å². The van der Waals surface area contributed by atoms with Crippen molar-refractivity contribution in [3.63, 3.8) is 0 Å². The summed E-state index contributed by atoms with van der Waals surface area (Å²) in [6.07, 6.45) is 0. The summed E-state index contributed by atoms with van der Waals surface area (Å²) in [7, 11) is 0. The second-order valence-electron chi connectivity index (χ2n) is 4.16. The van der Waals surface area contributed by atoms with Crippen LogP contribution in [0, 0.1) is 0 Å². The maximum Gasteiger partial charge on any atom is 0.215 e. The number of halogens is 2. The molecule has 0 amide bonds. The highest BCUT2D eigenvalue weighted by molar-refractivity contribution is 9.10. The third kappa shape index (κ3) is 2.51. The van der Waals surface area contributed by atoms with Crippen LogP contribution in [0.15, 0.2) is 34.8 Å². The normalized spacial score (nSPS) is 10.9. The van der Waals surface area contributed by atoms with Crippen molar-refractivity contribution in [2.75, 3.05) is 6.61 Å². The lowest BCUT2D eigenvalue weighted by molar-refractivity contribution is 0.328. The molecular weight excluding hydrogens is 342 g/mol. The summed E-state index contributed by atoms with van der Waals surface area (Å²) in [5.74, 6) is 1.26. The minimum Gasteiger partial charge on any atom is -0.478 e. The van der Waals surface area contributed by atoms with Gasteiger partial charge in [-0.25, -0.2) is 4.98 Å². The predicted molar refractivity (Wildman–Crippen MR) is 83.2 cm³/mol. The molecule has 0 aliphatic heterocycles. The third-order valence-corrected chi connectivity index (χ3v) is 3.62. The van der Waals surface area contributed by atoms with Crippen molar-refractivity contribution in [2.45, 2.75) is 6.92 Å². The van der Waals surface area contributed by atoms with Crippen LogP contribution in [-0.2, 0) is 0 Å². The Morgan fingerprint density at radius 3 is 2.90 bits per heavy atom. The van der Waals surface area contributed by atoms with E-state index >= 15 is 0 Å². The monoisotopic (exact) mass is 351 g/mol. The van der Waals surface area contributed by atoms with Crippen LogP contribution in [-0.4, -0.2) is 21.6 Å². The van der Waals surface area contributed by atoms with Crippen molar-refractivity contribution in [2.24, 2.45) is 0 Å². The molecule has 4 nitrogen and oxygen atoms in total. The van der Waals surface area contributed by atoms with Gasteiger partial charge >= 0.3 is 0 Å². The molecule has 0 atom stereocenters. The van der Waals surface area contributed by atoms with Gasteiger partial charge in [-0.3, -0.25) is 0 Å². The fourth-order valence-corrected chi connectivity index (χ4v) is 2.48. The Morgan fingerprint density at radius 2 is 2.10 bits per heavy atom. The molecule has 0 radical (unpaired) electrons. The number of fused-ring (bicyclic) bond motifs is 1. The van der Waals surface area contributed by atoms with Crippen molar-refractivity contribution in [3.8, 4) is 17.3 Å². The average molecular weight is 353 g/mol. The van der Waals surface area contributed by atoms with Gasteiger partial charge in [0.05, 0.1) is 17.1 Å². The van der Waals surface area contributed by atoms with E-state index in [2.05, 4.69) is 30.9 Å². The Hall–Kier alpha value is -1.59. The molecule has 0 saturated carbocycles. The number of benzene rings is 1. The van der Waals surface area contributed by atoms with Crippen LogP contribution >= 0.6 is 27.5 Å². The standard InChI is InChI=1S/C14H11BrClN3O/c1-2-20-12-6-5-11-14(18-12)19-13(17-11)9-7-8(15)3-4-10(9)16/h3-7H,2H2,1H3,(H,17,18,19). The summed E-state index contributed by atoms with van der Waals surface area (Å²) in [6, 6.07) is 9.35. The first-order valence-electron chi connectivity index (χ1n) is 6.12. The molecule has 1 N–H and O–H groups in total. The molecule has 3 rings (SSSR count). The molecule has 0 unspecified atom stereocenters. The van der Waals surface area contributed by atoms with E-state index in [1.54, 1.807) is 0 Å². The number of rotatable bonds is 3. The minimum absolute atomic E-state index is 0.568. The summed E-state index contributed by atoms with van der Waals surface area (Å²) < 4.78 is 6.32. The van der Waals surface area contributed by atoms with Gasteiger partial charge in [0.15, 0.2) is 5.65 Å². The zero-order valence-corrected chi connectivity index (χ0v) is 13.0. The molecule has 0 spiro atoms. The zero-order chi connectivity index (χ0) is 14.1. The number of nitrogens with one attached hydrogen (secondary N) is 1. The van der Waals surface area contributed by atoms with Gasteiger partial charge in [0.2, 0.25) is 5.88 Å². The molecule has 0 aliphatic rings. The fraction of sp³-hybridized carbons (Fsp3) is 0.143. The van der Waals surface area contributed by atoms with Gasteiger partial charge in [-0.1, -0.05) is 27.5 Å². The largest absolute Gasteiger partial charge is 0.478 e. The van der Waals surface area contributed by atoms with Gasteiger partial charge in [-0.15, -0.1) is 0 Å². The Balaban J connectivity index is 2.10. The summed E-state index contributed by atoms with van der Waals surface area (Å²) in [4.78, 5) is 12.0. The van der Waals surface area contributed by atoms with Crippen LogP contribution in [0.25, 0.3) is 22.6 Å². The Bertz CT molecular complexity index is 772. The van der Waals surface area contributed by atoms with E-state index < -0.39 is 0 Å². The fourth-order valence-electron chi connectivity index (χ4n) is 1.91. The molecule has 2 heterocycles. The van der Waals surface area contributed by atoms with E-state index in [1.165, 1.54) is 0 Å². The van der Waals surface area contributed by atoms with Gasteiger partial charge in [-0.05, 0) is 31.2 Å². The molecule has 2 aromatic heterocycles. The lowest BCUT2D eigenvalue weighted by Crippen LogP contribution is -1.93. The highest BCUT2D eigenvalue weighted by atomic mass is 79.9. The summed E-state index contributed by atoms with van der Waals surface area (Å²) in [5.41, 5.74) is 2.29. The van der Waals surface area contributed by atoms with E-state index in [9.17, 15) is 0 Å². The molecule has 1 aromatic carbocycles. The molecule has 0 bridgehead atoms. The minimum atomic E-state index is 0.568. The smallest absolute Gasteiger partial charge is 0.215 e. The van der Waals surface area contributed by atoms with Crippen molar-refractivity contribution >= 4 is 38.7 Å². The number of ether oxygens (including phenoxy) is 1. The van der Waals surface area contributed by atoms with Crippen LogP contribution < -0.4 is 4.74 Å². The van der Waals surface area contributed by atoms with Crippen molar-refractivity contribution in [1.82, 2.24) is 15.0 Å². The number of aromatic nitrogens is 3. The summed E-state index contributed by atoms with van der Waals surface area (Å²) >= 11 is 9.65. The first kappa shape index (κ1) is 13.4. The van der Waals surface area contributed by atoms with Gasteiger partial charge in [0.1, 0.15) is 5.82 Å². The zero-order valence-electron chi connectivity index (χ0n) is 10.7. The molecule has 0 aliphatic carbocycles. The lowest BCUT2D eigenvalue weighted by Gasteiger charge is -2.00. The lowest BCUT2D eigenvalue weighted by atomic mass is 10.2. The van der Waals surface area contributed by atoms with Gasteiger partial charge < -0.3 is 9.72 Å². The molecule has 20 heavy (non-hydrogen) atoms. The van der Waals surface area contributed by atoms with Crippen LogP contribution in [0.1, 0.15) is 6.92 Å². The van der Waals surface area contributed by atoms with Crippen molar-refractivity contribution in [3.05, 3.63) is 39.8 Å². The van der Waals surface area contributed by atoms with Crippen LogP contribution in [0.3, 0.4) is 0 Å². The van der Waals surface area contributed by atoms with E-state index in [0.29, 0.717) is 29.0 Å². The maximum atomic E-state index is 6.21. The molecular formula is C14H11BrClN3O. The molecule has 3 aromatic rings. The first-order valence-corrected chi connectivity index (χ1v) is 7.29. The number of imidazole rings is 1. The number of pyridine rings is 1. The van der Waals surface area contributed by atoms with Crippen LogP contribution in [0.4, 0.5) is 0 Å². The quantitative estimate of drug-likeness (QED) is 0.758. The Labute approximate surface area is 129 Å². The highest BCUT2D eigenvalue weighted by Gasteiger charge is 2.11. The molecule has 102 valence electrons. The molecule has 6 heteroatoms. The number of aromatic amines is 1. The second-order valence-corrected chi connectivity index (χ2v) is 5.49. The topological polar surface area (TPSA) is 50.8 Å². The van der Waals surface area contributed by atoms with E-state index in [1.807, 2.05) is 37.3 Å².